The van der Waals surface area contributed by atoms with Crippen molar-refractivity contribution in [3.8, 4) is 0 Å². The van der Waals surface area contributed by atoms with Gasteiger partial charge in [0, 0.05) is 35.8 Å². The first-order valence-corrected chi connectivity index (χ1v) is 8.52. The topological polar surface area (TPSA) is 91.3 Å². The van der Waals surface area contributed by atoms with E-state index in [1.165, 1.54) is 0 Å². The molecule has 0 radical (unpaired) electrons. The second kappa shape index (κ2) is 9.03. The molecule has 2 aromatic rings. The van der Waals surface area contributed by atoms with Gasteiger partial charge in [-0.05, 0) is 36.2 Å². The molecule has 1 aliphatic heterocycles. The second-order valence-corrected chi connectivity index (χ2v) is 6.38. The van der Waals surface area contributed by atoms with Crippen LogP contribution in [-0.4, -0.2) is 34.7 Å². The number of aliphatic carboxylic acids is 1. The van der Waals surface area contributed by atoms with Gasteiger partial charge in [0.05, 0.1) is 11.9 Å². The lowest BCUT2D eigenvalue weighted by Crippen LogP contribution is -2.24. The predicted octanol–water partition coefficient (Wildman–Crippen LogP) is 3.57. The first kappa shape index (κ1) is 21.6. The number of halogens is 4. The van der Waals surface area contributed by atoms with Crippen molar-refractivity contribution in [1.29, 1.82) is 0 Å². The van der Waals surface area contributed by atoms with E-state index in [0.717, 1.165) is 36.3 Å². The lowest BCUT2D eigenvalue weighted by molar-refractivity contribution is -0.192. The van der Waals surface area contributed by atoms with E-state index in [1.54, 1.807) is 18.3 Å². The van der Waals surface area contributed by atoms with Crippen LogP contribution in [0.4, 0.5) is 18.9 Å². The van der Waals surface area contributed by atoms with Gasteiger partial charge in [0.2, 0.25) is 0 Å². The van der Waals surface area contributed by atoms with Crippen LogP contribution in [0.15, 0.2) is 30.5 Å². The quantitative estimate of drug-likeness (QED) is 0.697. The summed E-state index contributed by atoms with van der Waals surface area (Å²) >= 11 is 6.06. The van der Waals surface area contributed by atoms with E-state index in [9.17, 15) is 18.0 Å². The van der Waals surface area contributed by atoms with Crippen LogP contribution in [-0.2, 0) is 17.8 Å². The van der Waals surface area contributed by atoms with Crippen molar-refractivity contribution >= 4 is 29.2 Å². The number of anilines is 1. The van der Waals surface area contributed by atoms with Crippen molar-refractivity contribution < 1.29 is 27.9 Å². The highest BCUT2D eigenvalue weighted by Crippen LogP contribution is 2.19. The van der Waals surface area contributed by atoms with Crippen molar-refractivity contribution in [3.05, 3.63) is 57.9 Å². The summed E-state index contributed by atoms with van der Waals surface area (Å²) < 4.78 is 31.7. The lowest BCUT2D eigenvalue weighted by Gasteiger charge is -2.17. The van der Waals surface area contributed by atoms with Crippen LogP contribution in [0.25, 0.3) is 0 Å². The summed E-state index contributed by atoms with van der Waals surface area (Å²) in [6.07, 6.45) is -2.45. The van der Waals surface area contributed by atoms with Gasteiger partial charge < -0.3 is 15.7 Å². The average molecular weight is 416 g/mol. The van der Waals surface area contributed by atoms with E-state index < -0.39 is 12.1 Å². The average Bonchev–Trinajstić information content (AvgIpc) is 2.63. The number of nitrogens with zero attached hydrogens (tertiary/aromatic N) is 1. The minimum absolute atomic E-state index is 0.178. The Hall–Kier alpha value is -2.65. The number of alkyl halides is 3. The molecule has 0 saturated heterocycles. The fourth-order valence-electron chi connectivity index (χ4n) is 2.35. The molecule has 150 valence electrons. The molecule has 3 N–H and O–H groups in total. The molecule has 0 unspecified atom stereocenters. The van der Waals surface area contributed by atoms with E-state index in [1.807, 2.05) is 19.1 Å². The third-order valence-electron chi connectivity index (χ3n) is 3.85. The van der Waals surface area contributed by atoms with E-state index >= 15 is 0 Å². The molecule has 3 rings (SSSR count). The van der Waals surface area contributed by atoms with Gasteiger partial charge in [-0.25, -0.2) is 4.79 Å². The molecule has 2 heterocycles. The van der Waals surface area contributed by atoms with Crippen LogP contribution in [0.2, 0.25) is 5.02 Å². The molecule has 0 fully saturated rings. The molecule has 0 saturated carbocycles. The number of aryl methyl sites for hydroxylation is 1. The number of rotatable bonds is 2. The Balaban J connectivity index is 0.000000345. The highest BCUT2D eigenvalue weighted by molar-refractivity contribution is 6.31. The van der Waals surface area contributed by atoms with Crippen LogP contribution in [0, 0.1) is 6.92 Å². The lowest BCUT2D eigenvalue weighted by atomic mass is 10.1. The monoisotopic (exact) mass is 415 g/mol. The first-order chi connectivity index (χ1) is 13.1. The number of hydrogen-bond acceptors (Lipinski definition) is 4. The van der Waals surface area contributed by atoms with Crippen molar-refractivity contribution in [2.24, 2.45) is 0 Å². The smallest absolute Gasteiger partial charge is 0.475 e. The SMILES string of the molecule is Cc1ccc(C(=O)Nc2cnc3c(c2)CNCC3)cc1Cl.O=C(O)C(F)(F)F. The van der Waals surface area contributed by atoms with Gasteiger partial charge in [0.25, 0.3) is 5.91 Å². The molecule has 1 aromatic heterocycles. The molecule has 1 amide bonds. The summed E-state index contributed by atoms with van der Waals surface area (Å²) in [7, 11) is 0. The van der Waals surface area contributed by atoms with Gasteiger partial charge >= 0.3 is 12.1 Å². The number of carbonyl (C=O) groups excluding carboxylic acids is 1. The molecule has 0 atom stereocenters. The van der Waals surface area contributed by atoms with E-state index in [2.05, 4.69) is 15.6 Å². The normalized spacial score (nSPS) is 13.0. The number of amides is 1. The Morgan fingerprint density at radius 3 is 2.57 bits per heavy atom. The zero-order valence-electron chi connectivity index (χ0n) is 14.7. The molecule has 10 heteroatoms. The summed E-state index contributed by atoms with van der Waals surface area (Å²) in [5.41, 5.74) is 4.45. The summed E-state index contributed by atoms with van der Waals surface area (Å²) in [5, 5.41) is 13.9. The van der Waals surface area contributed by atoms with Crippen molar-refractivity contribution in [2.75, 3.05) is 11.9 Å². The van der Waals surface area contributed by atoms with E-state index in [-0.39, 0.29) is 5.91 Å². The van der Waals surface area contributed by atoms with Gasteiger partial charge in [0.15, 0.2) is 0 Å². The van der Waals surface area contributed by atoms with Crippen LogP contribution < -0.4 is 10.6 Å². The standard InChI is InChI=1S/C16H16ClN3O.C2HF3O2/c1-10-2-3-11(7-14(10)17)16(21)20-13-6-12-8-18-5-4-15(12)19-9-13;3-2(4,5)1(6)7/h2-3,6-7,9,18H,4-5,8H2,1H3,(H,20,21);(H,6,7). The minimum atomic E-state index is -5.08. The summed E-state index contributed by atoms with van der Waals surface area (Å²) in [6.45, 7) is 3.65. The number of carboxylic acids is 1. The summed E-state index contributed by atoms with van der Waals surface area (Å²) in [4.78, 5) is 25.5. The largest absolute Gasteiger partial charge is 0.490 e. The third kappa shape index (κ3) is 5.93. The van der Waals surface area contributed by atoms with Crippen molar-refractivity contribution in [2.45, 2.75) is 26.1 Å². The van der Waals surface area contributed by atoms with Crippen LogP contribution in [0.5, 0.6) is 0 Å². The molecule has 0 spiro atoms. The maximum atomic E-state index is 12.2. The molecule has 0 bridgehead atoms. The highest BCUT2D eigenvalue weighted by Gasteiger charge is 2.38. The summed E-state index contributed by atoms with van der Waals surface area (Å²) in [6, 6.07) is 7.26. The zero-order chi connectivity index (χ0) is 20.9. The summed E-state index contributed by atoms with van der Waals surface area (Å²) in [5.74, 6) is -2.94. The molecule has 1 aromatic carbocycles. The van der Waals surface area contributed by atoms with E-state index in [4.69, 9.17) is 21.5 Å². The number of carboxylic acid groups (broad SMARTS) is 1. The van der Waals surface area contributed by atoms with Crippen molar-refractivity contribution in [1.82, 2.24) is 10.3 Å². The van der Waals surface area contributed by atoms with Gasteiger partial charge in [-0.1, -0.05) is 17.7 Å². The third-order valence-corrected chi connectivity index (χ3v) is 4.26. The Bertz CT molecular complexity index is 888. The van der Waals surface area contributed by atoms with Crippen LogP contribution >= 0.6 is 11.6 Å². The van der Waals surface area contributed by atoms with Crippen molar-refractivity contribution in [3.63, 3.8) is 0 Å². The van der Waals surface area contributed by atoms with Crippen LogP contribution in [0.1, 0.15) is 27.2 Å². The fourth-order valence-corrected chi connectivity index (χ4v) is 2.53. The predicted molar refractivity (Wildman–Crippen MR) is 97.5 cm³/mol. The number of fused-ring (bicyclic) bond motifs is 1. The number of benzene rings is 1. The Morgan fingerprint density at radius 1 is 1.29 bits per heavy atom. The molecule has 1 aliphatic rings. The fraction of sp³-hybridized carbons (Fsp3) is 0.278. The Morgan fingerprint density at radius 2 is 1.96 bits per heavy atom. The Kier molecular flexibility index (Phi) is 6.98. The van der Waals surface area contributed by atoms with Crippen LogP contribution in [0.3, 0.4) is 0 Å². The Labute approximate surface area is 163 Å². The van der Waals surface area contributed by atoms with Gasteiger partial charge in [-0.2, -0.15) is 13.2 Å². The molecular weight excluding hydrogens is 399 g/mol. The van der Waals surface area contributed by atoms with Gasteiger partial charge in [0.1, 0.15) is 0 Å². The number of pyridine rings is 1. The zero-order valence-corrected chi connectivity index (χ0v) is 15.5. The molecular formula is C18H17ClF3N3O3. The van der Waals surface area contributed by atoms with Gasteiger partial charge in [-0.3, -0.25) is 9.78 Å². The number of hydrogen-bond donors (Lipinski definition) is 3. The minimum Gasteiger partial charge on any atom is -0.475 e. The maximum absolute atomic E-state index is 12.2. The molecule has 28 heavy (non-hydrogen) atoms. The number of carbonyl (C=O) groups is 2. The maximum Gasteiger partial charge on any atom is 0.490 e. The highest BCUT2D eigenvalue weighted by atomic mass is 35.5. The molecule has 0 aliphatic carbocycles. The molecule has 6 nitrogen and oxygen atoms in total. The number of nitrogens with one attached hydrogen (secondary N) is 2. The van der Waals surface area contributed by atoms with Gasteiger partial charge in [-0.15, -0.1) is 0 Å². The first-order valence-electron chi connectivity index (χ1n) is 8.14. The second-order valence-electron chi connectivity index (χ2n) is 5.98. The van der Waals surface area contributed by atoms with E-state index in [0.29, 0.717) is 16.3 Å². The number of aromatic nitrogens is 1.